The Morgan fingerprint density at radius 1 is 1.35 bits per heavy atom. The second-order valence-corrected chi connectivity index (χ2v) is 5.89. The van der Waals surface area contributed by atoms with Crippen molar-refractivity contribution in [1.82, 2.24) is 4.90 Å². The average molecular weight is 345 g/mol. The number of rotatable bonds is 6. The molecule has 0 saturated heterocycles. The number of hydrogen-bond acceptors (Lipinski definition) is 2. The molecule has 0 heterocycles. The van der Waals surface area contributed by atoms with Gasteiger partial charge >= 0.3 is 0 Å². The van der Waals surface area contributed by atoms with Crippen LogP contribution in [0.25, 0.3) is 0 Å². The van der Waals surface area contributed by atoms with Gasteiger partial charge in [0, 0.05) is 15.7 Å². The molecule has 1 aromatic carbocycles. The van der Waals surface area contributed by atoms with Crippen LogP contribution in [0.4, 0.5) is 0 Å². The van der Waals surface area contributed by atoms with Crippen LogP contribution >= 0.6 is 22.6 Å². The maximum absolute atomic E-state index is 12.0. The Hall–Kier alpha value is -0.420. The summed E-state index contributed by atoms with van der Waals surface area (Å²) in [5.74, 6) is 0.844. The van der Waals surface area contributed by atoms with E-state index in [1.54, 1.807) is 0 Å². The quantitative estimate of drug-likeness (QED) is 0.581. The number of Topliss-reactive ketones (excluding diaryl/α,β-unsaturated/α-hetero) is 1. The van der Waals surface area contributed by atoms with Crippen LogP contribution in [-0.4, -0.2) is 30.8 Å². The Labute approximate surface area is 118 Å². The molecule has 0 fully saturated rings. The summed E-state index contributed by atoms with van der Waals surface area (Å²) in [6, 6.07) is 7.76. The molecule has 2 nitrogen and oxygen atoms in total. The van der Waals surface area contributed by atoms with Crippen LogP contribution in [0.2, 0.25) is 0 Å². The molecule has 0 aliphatic heterocycles. The van der Waals surface area contributed by atoms with E-state index in [0.717, 1.165) is 22.1 Å². The lowest BCUT2D eigenvalue weighted by molar-refractivity contribution is 0.0939. The Bertz CT molecular complexity index is 361. The van der Waals surface area contributed by atoms with Gasteiger partial charge in [-0.25, -0.2) is 0 Å². The zero-order valence-corrected chi connectivity index (χ0v) is 12.9. The number of carbonyl (C=O) groups is 1. The molecule has 1 aromatic rings. The molecule has 17 heavy (non-hydrogen) atoms. The summed E-state index contributed by atoms with van der Waals surface area (Å²) >= 11 is 2.24. The molecular formula is C14H20INO. The standard InChI is InChI=1S/C14H20INO/c1-4-11(2)9-16(3)10-14(17)12-5-7-13(15)8-6-12/h5-8,11H,4,9-10H2,1-3H3. The fraction of sp³-hybridized carbons (Fsp3) is 0.500. The second-order valence-electron chi connectivity index (χ2n) is 4.64. The van der Waals surface area contributed by atoms with Gasteiger partial charge in [-0.05, 0) is 47.7 Å². The normalized spacial score (nSPS) is 12.8. The van der Waals surface area contributed by atoms with Gasteiger partial charge in [-0.15, -0.1) is 0 Å². The average Bonchev–Trinajstić information content (AvgIpc) is 2.29. The van der Waals surface area contributed by atoms with Gasteiger partial charge in [-0.2, -0.15) is 0 Å². The molecule has 0 bridgehead atoms. The van der Waals surface area contributed by atoms with Crippen molar-refractivity contribution in [3.8, 4) is 0 Å². The molecule has 94 valence electrons. The fourth-order valence-corrected chi connectivity index (χ4v) is 2.06. The highest BCUT2D eigenvalue weighted by Crippen LogP contribution is 2.09. The molecule has 0 amide bonds. The summed E-state index contributed by atoms with van der Waals surface area (Å²) in [6.07, 6.45) is 1.15. The van der Waals surface area contributed by atoms with Gasteiger partial charge in [0.1, 0.15) is 0 Å². The van der Waals surface area contributed by atoms with Crippen molar-refractivity contribution in [2.75, 3.05) is 20.1 Å². The zero-order chi connectivity index (χ0) is 12.8. The summed E-state index contributed by atoms with van der Waals surface area (Å²) in [4.78, 5) is 14.1. The summed E-state index contributed by atoms with van der Waals surface area (Å²) in [5, 5.41) is 0. The van der Waals surface area contributed by atoms with Gasteiger partial charge in [0.05, 0.1) is 6.54 Å². The summed E-state index contributed by atoms with van der Waals surface area (Å²) in [6.45, 7) is 5.88. The third kappa shape index (κ3) is 5.17. The third-order valence-corrected chi connectivity index (χ3v) is 3.62. The summed E-state index contributed by atoms with van der Waals surface area (Å²) in [5.41, 5.74) is 0.807. The molecule has 0 aliphatic rings. The molecule has 0 radical (unpaired) electrons. The van der Waals surface area contributed by atoms with Crippen LogP contribution in [0.1, 0.15) is 30.6 Å². The number of carbonyl (C=O) groups excluding carboxylic acids is 1. The number of nitrogens with zero attached hydrogens (tertiary/aromatic N) is 1. The third-order valence-electron chi connectivity index (χ3n) is 2.90. The van der Waals surface area contributed by atoms with E-state index in [-0.39, 0.29) is 5.78 Å². The van der Waals surface area contributed by atoms with Crippen LogP contribution in [-0.2, 0) is 0 Å². The number of likely N-dealkylation sites (N-methyl/N-ethyl adjacent to an activating group) is 1. The minimum Gasteiger partial charge on any atom is -0.299 e. The molecule has 0 aliphatic carbocycles. The topological polar surface area (TPSA) is 20.3 Å². The van der Waals surface area contributed by atoms with Crippen LogP contribution in [0.15, 0.2) is 24.3 Å². The predicted molar refractivity (Wildman–Crippen MR) is 80.4 cm³/mol. The first-order valence-electron chi connectivity index (χ1n) is 6.00. The highest BCUT2D eigenvalue weighted by Gasteiger charge is 2.11. The van der Waals surface area contributed by atoms with Gasteiger partial charge in [0.2, 0.25) is 0 Å². The van der Waals surface area contributed by atoms with Crippen LogP contribution in [0.3, 0.4) is 0 Å². The van der Waals surface area contributed by atoms with Crippen molar-refractivity contribution >= 4 is 28.4 Å². The van der Waals surface area contributed by atoms with Gasteiger partial charge in [-0.3, -0.25) is 9.69 Å². The van der Waals surface area contributed by atoms with E-state index in [9.17, 15) is 4.79 Å². The summed E-state index contributed by atoms with van der Waals surface area (Å²) < 4.78 is 1.16. The SMILES string of the molecule is CCC(C)CN(C)CC(=O)c1ccc(I)cc1. The van der Waals surface area contributed by atoms with Crippen molar-refractivity contribution in [2.24, 2.45) is 5.92 Å². The smallest absolute Gasteiger partial charge is 0.176 e. The van der Waals surface area contributed by atoms with Crippen molar-refractivity contribution in [3.05, 3.63) is 33.4 Å². The molecule has 0 saturated carbocycles. The Kier molecular flexibility index (Phi) is 6.12. The van der Waals surface area contributed by atoms with E-state index in [1.165, 1.54) is 0 Å². The number of hydrogen-bond donors (Lipinski definition) is 0. The largest absolute Gasteiger partial charge is 0.299 e. The van der Waals surface area contributed by atoms with Crippen LogP contribution < -0.4 is 0 Å². The van der Waals surface area contributed by atoms with Crippen LogP contribution in [0.5, 0.6) is 0 Å². The van der Waals surface area contributed by atoms with Gasteiger partial charge in [0.15, 0.2) is 5.78 Å². The van der Waals surface area contributed by atoms with Gasteiger partial charge in [-0.1, -0.05) is 32.4 Å². The monoisotopic (exact) mass is 345 g/mol. The molecule has 1 unspecified atom stereocenters. The number of halogens is 1. The lowest BCUT2D eigenvalue weighted by Gasteiger charge is -2.19. The number of benzene rings is 1. The molecule has 3 heteroatoms. The van der Waals surface area contributed by atoms with Crippen molar-refractivity contribution in [1.29, 1.82) is 0 Å². The first-order chi connectivity index (χ1) is 8.02. The fourth-order valence-electron chi connectivity index (χ4n) is 1.70. The maximum atomic E-state index is 12.0. The first-order valence-corrected chi connectivity index (χ1v) is 7.08. The van der Waals surface area contributed by atoms with Crippen molar-refractivity contribution < 1.29 is 4.79 Å². The second kappa shape index (κ2) is 7.11. The van der Waals surface area contributed by atoms with E-state index in [0.29, 0.717) is 12.5 Å². The molecule has 0 N–H and O–H groups in total. The molecule has 0 aromatic heterocycles. The van der Waals surface area contributed by atoms with E-state index < -0.39 is 0 Å². The Morgan fingerprint density at radius 2 is 1.94 bits per heavy atom. The summed E-state index contributed by atoms with van der Waals surface area (Å²) in [7, 11) is 2.01. The van der Waals surface area contributed by atoms with E-state index in [2.05, 4.69) is 41.3 Å². The van der Waals surface area contributed by atoms with E-state index >= 15 is 0 Å². The predicted octanol–water partition coefficient (Wildman–Crippen LogP) is 3.45. The minimum atomic E-state index is 0.201. The highest BCUT2D eigenvalue weighted by molar-refractivity contribution is 14.1. The number of ketones is 1. The van der Waals surface area contributed by atoms with Gasteiger partial charge < -0.3 is 0 Å². The van der Waals surface area contributed by atoms with Crippen LogP contribution in [0, 0.1) is 9.49 Å². The van der Waals surface area contributed by atoms with Crippen molar-refractivity contribution in [2.45, 2.75) is 20.3 Å². The van der Waals surface area contributed by atoms with Crippen molar-refractivity contribution in [3.63, 3.8) is 0 Å². The molecule has 1 atom stereocenters. The highest BCUT2D eigenvalue weighted by atomic mass is 127. The lowest BCUT2D eigenvalue weighted by Crippen LogP contribution is -2.30. The Balaban J connectivity index is 2.51. The molecule has 0 spiro atoms. The van der Waals surface area contributed by atoms with Gasteiger partial charge in [0.25, 0.3) is 0 Å². The lowest BCUT2D eigenvalue weighted by atomic mass is 10.1. The van der Waals surface area contributed by atoms with E-state index in [4.69, 9.17) is 0 Å². The zero-order valence-electron chi connectivity index (χ0n) is 10.7. The molecule has 1 rings (SSSR count). The first kappa shape index (κ1) is 14.6. The van der Waals surface area contributed by atoms with E-state index in [1.807, 2.05) is 31.3 Å². The maximum Gasteiger partial charge on any atom is 0.176 e. The minimum absolute atomic E-state index is 0.201. The Morgan fingerprint density at radius 3 is 2.47 bits per heavy atom. The molecular weight excluding hydrogens is 325 g/mol.